The molecule has 0 amide bonds. The van der Waals surface area contributed by atoms with E-state index in [1.54, 1.807) is 17.5 Å². The maximum absolute atomic E-state index is 6.10. The van der Waals surface area contributed by atoms with Gasteiger partial charge in [0.05, 0.1) is 18.0 Å². The summed E-state index contributed by atoms with van der Waals surface area (Å²) in [7, 11) is 0. The highest BCUT2D eigenvalue weighted by Crippen LogP contribution is 2.32. The topological polar surface area (TPSA) is 61.0 Å². The number of nitrogen functional groups attached to an aromatic ring is 1. The minimum Gasteiger partial charge on any atom is -0.491 e. The molecule has 0 aliphatic carbocycles. The Labute approximate surface area is 140 Å². The Morgan fingerprint density at radius 2 is 2.09 bits per heavy atom. The first-order chi connectivity index (χ1) is 11.3. The van der Waals surface area contributed by atoms with Crippen LogP contribution in [0.1, 0.15) is 19.8 Å². The summed E-state index contributed by atoms with van der Waals surface area (Å²) in [5.74, 6) is 0.740. The van der Waals surface area contributed by atoms with E-state index in [1.165, 1.54) is 0 Å². The van der Waals surface area contributed by atoms with Crippen molar-refractivity contribution in [3.05, 3.63) is 48.0 Å². The van der Waals surface area contributed by atoms with Crippen LogP contribution in [0.4, 0.5) is 5.69 Å². The molecule has 1 aromatic carbocycles. The second-order valence-corrected chi connectivity index (χ2v) is 6.07. The van der Waals surface area contributed by atoms with Gasteiger partial charge in [0.2, 0.25) is 0 Å². The van der Waals surface area contributed by atoms with Gasteiger partial charge in [-0.3, -0.25) is 4.98 Å². The predicted molar refractivity (Wildman–Crippen MR) is 95.6 cm³/mol. The normalized spacial score (nSPS) is 10.7. The van der Waals surface area contributed by atoms with Crippen LogP contribution >= 0.6 is 11.3 Å². The van der Waals surface area contributed by atoms with Gasteiger partial charge in [-0.25, -0.2) is 4.98 Å². The van der Waals surface area contributed by atoms with Crippen molar-refractivity contribution >= 4 is 17.0 Å². The number of pyridine rings is 1. The van der Waals surface area contributed by atoms with Gasteiger partial charge in [0.15, 0.2) is 0 Å². The van der Waals surface area contributed by atoms with Crippen LogP contribution in [0.3, 0.4) is 0 Å². The zero-order valence-corrected chi connectivity index (χ0v) is 13.8. The van der Waals surface area contributed by atoms with Crippen LogP contribution in [0.15, 0.2) is 48.0 Å². The van der Waals surface area contributed by atoms with E-state index in [4.69, 9.17) is 10.5 Å². The number of benzene rings is 1. The Bertz CT molecular complexity index is 771. The van der Waals surface area contributed by atoms with E-state index < -0.39 is 0 Å². The van der Waals surface area contributed by atoms with E-state index in [-0.39, 0.29) is 0 Å². The Kier molecular flexibility index (Phi) is 4.88. The molecule has 0 radical (unpaired) electrons. The third-order valence-corrected chi connectivity index (χ3v) is 4.34. The first-order valence-electron chi connectivity index (χ1n) is 7.67. The Morgan fingerprint density at radius 3 is 2.83 bits per heavy atom. The van der Waals surface area contributed by atoms with Crippen LogP contribution in [-0.2, 0) is 0 Å². The number of anilines is 1. The molecule has 4 nitrogen and oxygen atoms in total. The molecule has 23 heavy (non-hydrogen) atoms. The average Bonchev–Trinajstić information content (AvgIpc) is 3.07. The van der Waals surface area contributed by atoms with Gasteiger partial charge in [0.1, 0.15) is 16.5 Å². The summed E-state index contributed by atoms with van der Waals surface area (Å²) < 4.78 is 5.69. The average molecular weight is 325 g/mol. The van der Waals surface area contributed by atoms with Crippen molar-refractivity contribution in [2.75, 3.05) is 12.3 Å². The first-order valence-corrected chi connectivity index (χ1v) is 8.55. The van der Waals surface area contributed by atoms with Crippen LogP contribution < -0.4 is 10.5 Å². The third-order valence-electron chi connectivity index (χ3n) is 3.44. The van der Waals surface area contributed by atoms with Gasteiger partial charge in [0, 0.05) is 17.1 Å². The number of rotatable bonds is 6. The van der Waals surface area contributed by atoms with E-state index in [0.717, 1.165) is 40.6 Å². The van der Waals surface area contributed by atoms with Crippen molar-refractivity contribution in [2.45, 2.75) is 19.8 Å². The molecule has 0 fully saturated rings. The highest BCUT2D eigenvalue weighted by atomic mass is 32.1. The molecule has 0 saturated carbocycles. The molecule has 0 unspecified atom stereocenters. The molecule has 0 aliphatic rings. The highest BCUT2D eigenvalue weighted by molar-refractivity contribution is 7.13. The van der Waals surface area contributed by atoms with Crippen molar-refractivity contribution in [1.82, 2.24) is 9.97 Å². The molecular formula is C18H19N3OS. The first kappa shape index (κ1) is 15.5. The maximum Gasteiger partial charge on any atom is 0.142 e. The lowest BCUT2D eigenvalue weighted by atomic mass is 10.2. The molecule has 2 aromatic heterocycles. The monoisotopic (exact) mass is 325 g/mol. The summed E-state index contributed by atoms with van der Waals surface area (Å²) in [6.45, 7) is 2.83. The zero-order chi connectivity index (χ0) is 16.1. The molecule has 0 bridgehead atoms. The van der Waals surface area contributed by atoms with Crippen molar-refractivity contribution in [3.63, 3.8) is 0 Å². The maximum atomic E-state index is 6.10. The SMILES string of the molecule is CCCCOc1ccc(-c2nc(-c3ccccn3)cs2)cc1N. The molecular weight excluding hydrogens is 306 g/mol. The number of aromatic nitrogens is 2. The Morgan fingerprint density at radius 1 is 1.17 bits per heavy atom. The van der Waals surface area contributed by atoms with E-state index >= 15 is 0 Å². The van der Waals surface area contributed by atoms with Gasteiger partial charge in [-0.15, -0.1) is 11.3 Å². The third kappa shape index (κ3) is 3.68. The van der Waals surface area contributed by atoms with E-state index in [9.17, 15) is 0 Å². The number of hydrogen-bond acceptors (Lipinski definition) is 5. The smallest absolute Gasteiger partial charge is 0.142 e. The predicted octanol–water partition coefficient (Wildman–Crippen LogP) is 4.63. The molecule has 3 aromatic rings. The minimum atomic E-state index is 0.646. The quantitative estimate of drug-likeness (QED) is 0.530. The molecule has 2 N–H and O–H groups in total. The van der Waals surface area contributed by atoms with Crippen molar-refractivity contribution in [1.29, 1.82) is 0 Å². The van der Waals surface area contributed by atoms with Crippen molar-refractivity contribution in [3.8, 4) is 27.7 Å². The van der Waals surface area contributed by atoms with Gasteiger partial charge in [-0.1, -0.05) is 19.4 Å². The summed E-state index contributed by atoms with van der Waals surface area (Å²) in [4.78, 5) is 8.99. The van der Waals surface area contributed by atoms with Crippen molar-refractivity contribution < 1.29 is 4.74 Å². The standard InChI is InChI=1S/C18H19N3OS/c1-2-3-10-22-17-8-7-13(11-14(17)19)18-21-16(12-23-18)15-6-4-5-9-20-15/h4-9,11-12H,2-3,10,19H2,1H3. The molecule has 0 saturated heterocycles. The van der Waals surface area contributed by atoms with E-state index in [1.807, 2.05) is 41.8 Å². The number of thiazole rings is 1. The lowest BCUT2D eigenvalue weighted by molar-refractivity contribution is 0.311. The fraction of sp³-hybridized carbons (Fsp3) is 0.222. The summed E-state index contributed by atoms with van der Waals surface area (Å²) >= 11 is 1.59. The fourth-order valence-corrected chi connectivity index (χ4v) is 2.99. The lowest BCUT2D eigenvalue weighted by Crippen LogP contribution is -2.00. The van der Waals surface area contributed by atoms with Crippen molar-refractivity contribution in [2.24, 2.45) is 0 Å². The number of nitrogens with two attached hydrogens (primary N) is 1. The van der Waals surface area contributed by atoms with Crippen LogP contribution in [0.2, 0.25) is 0 Å². The van der Waals surface area contributed by atoms with Crippen LogP contribution in [-0.4, -0.2) is 16.6 Å². The number of nitrogens with zero attached hydrogens (tertiary/aromatic N) is 2. The van der Waals surface area contributed by atoms with Gasteiger partial charge < -0.3 is 10.5 Å². The van der Waals surface area contributed by atoms with Gasteiger partial charge >= 0.3 is 0 Å². The van der Waals surface area contributed by atoms with Crippen LogP contribution in [0, 0.1) is 0 Å². The summed E-state index contributed by atoms with van der Waals surface area (Å²) in [5, 5.41) is 2.94. The summed E-state index contributed by atoms with van der Waals surface area (Å²) in [6, 6.07) is 11.7. The van der Waals surface area contributed by atoms with Gasteiger partial charge in [-0.2, -0.15) is 0 Å². The highest BCUT2D eigenvalue weighted by Gasteiger charge is 2.09. The van der Waals surface area contributed by atoms with E-state index in [2.05, 4.69) is 16.9 Å². The second-order valence-electron chi connectivity index (χ2n) is 5.21. The molecule has 118 valence electrons. The van der Waals surface area contributed by atoms with Crippen LogP contribution in [0.5, 0.6) is 5.75 Å². The number of unbranched alkanes of at least 4 members (excludes halogenated alkanes) is 1. The molecule has 0 aliphatic heterocycles. The minimum absolute atomic E-state index is 0.646. The van der Waals surface area contributed by atoms with E-state index in [0.29, 0.717) is 12.3 Å². The Balaban J connectivity index is 1.80. The summed E-state index contributed by atoms with van der Waals surface area (Å²) in [5.41, 5.74) is 9.50. The fourth-order valence-electron chi connectivity index (χ4n) is 2.18. The van der Waals surface area contributed by atoms with Gasteiger partial charge in [-0.05, 0) is 36.8 Å². The summed E-state index contributed by atoms with van der Waals surface area (Å²) in [6.07, 6.45) is 3.91. The number of ether oxygens (including phenoxy) is 1. The molecule has 5 heteroatoms. The lowest BCUT2D eigenvalue weighted by Gasteiger charge is -2.09. The molecule has 0 spiro atoms. The zero-order valence-electron chi connectivity index (χ0n) is 13.0. The number of hydrogen-bond donors (Lipinski definition) is 1. The van der Waals surface area contributed by atoms with Crippen LogP contribution in [0.25, 0.3) is 22.0 Å². The Hall–Kier alpha value is -2.40. The molecule has 0 atom stereocenters. The molecule has 2 heterocycles. The molecule has 3 rings (SSSR count). The largest absolute Gasteiger partial charge is 0.491 e. The second kappa shape index (κ2) is 7.24. The van der Waals surface area contributed by atoms with Gasteiger partial charge in [0.25, 0.3) is 0 Å².